The Balaban J connectivity index is 0.682. The molecule has 4 saturated heterocycles. The van der Waals surface area contributed by atoms with Crippen molar-refractivity contribution in [2.75, 3.05) is 92.5 Å². The number of benzene rings is 3. The lowest BCUT2D eigenvalue weighted by molar-refractivity contribution is -0.140. The zero-order chi connectivity index (χ0) is 44.8. The predicted molar refractivity (Wildman–Crippen MR) is 243 cm³/mol. The van der Waals surface area contributed by atoms with Gasteiger partial charge in [-0.05, 0) is 81.0 Å². The minimum atomic E-state index is -1.25. The SMILES string of the molecule is Nc1nnc(-c2ccccc2O)cc1N1CCN(c2cccc(OCCN3CCN(C(=O)C4CCN(c5ccc6c(c5)C(=O)N(C5CCC(=O)NC5=O)C6O)CC4)CC3)c2)C2(CCC2)C1. The molecule has 5 aliphatic heterocycles. The normalized spacial score (nSPS) is 22.5. The number of anilines is 4. The van der Waals surface area contributed by atoms with Crippen LogP contribution in [0, 0.1) is 5.92 Å². The van der Waals surface area contributed by atoms with E-state index >= 15 is 0 Å². The summed E-state index contributed by atoms with van der Waals surface area (Å²) in [5, 5.41) is 32.3. The number of hydrogen-bond acceptors (Lipinski definition) is 14. The number of carbonyl (C=O) groups excluding carboxylic acids is 4. The first-order chi connectivity index (χ1) is 31.5. The Morgan fingerprint density at radius 1 is 0.831 bits per heavy atom. The standard InChI is InChI=1S/C48H56N10O7/c49-43-40(29-38(51-52-43)36-7-1-2-8-41(36)59)56-23-24-57(48(30-56)15-4-16-48)33-5-3-6-34(27-33)65-26-25-53-19-21-55(22-20-53)45(62)31-13-17-54(18-14-31)32-9-10-35-37(28-32)47(64)58(46(35)63)39-11-12-42(60)50-44(39)61/h1-3,5-10,27-29,31,39,46,59,63H,4,11-26,30H2,(H2,49,52)(H,50,60,61). The van der Waals surface area contributed by atoms with E-state index in [0.29, 0.717) is 73.8 Å². The average Bonchev–Trinajstić information content (AvgIpc) is 3.56. The minimum absolute atomic E-state index is 0.0318. The zero-order valence-corrected chi connectivity index (χ0v) is 36.5. The first-order valence-electron chi connectivity index (χ1n) is 23.0. The van der Waals surface area contributed by atoms with Crippen molar-refractivity contribution in [2.45, 2.75) is 62.8 Å². The molecular formula is C48H56N10O7. The molecule has 1 aliphatic carbocycles. The van der Waals surface area contributed by atoms with Crippen molar-refractivity contribution in [2.24, 2.45) is 5.92 Å². The number of nitrogens with one attached hydrogen (secondary N) is 1. The fraction of sp³-hybridized carbons (Fsp3) is 0.458. The molecule has 6 aliphatic rings. The first-order valence-corrected chi connectivity index (χ1v) is 23.0. The Labute approximate surface area is 377 Å². The highest BCUT2D eigenvalue weighted by Crippen LogP contribution is 2.45. The second-order valence-corrected chi connectivity index (χ2v) is 18.3. The molecule has 2 unspecified atom stereocenters. The highest BCUT2D eigenvalue weighted by atomic mass is 16.5. The molecule has 2 atom stereocenters. The molecule has 5 fully saturated rings. The number of imide groups is 1. The molecule has 65 heavy (non-hydrogen) atoms. The summed E-state index contributed by atoms with van der Waals surface area (Å²) in [4.78, 5) is 63.9. The first kappa shape index (κ1) is 42.5. The van der Waals surface area contributed by atoms with Crippen molar-refractivity contribution in [1.29, 1.82) is 0 Å². The number of carbonyl (C=O) groups is 4. The molecule has 17 nitrogen and oxygen atoms in total. The van der Waals surface area contributed by atoms with Crippen molar-refractivity contribution in [3.8, 4) is 22.8 Å². The Hall–Kier alpha value is -6.46. The van der Waals surface area contributed by atoms with Gasteiger partial charge in [-0.1, -0.05) is 24.3 Å². The molecule has 1 saturated carbocycles. The van der Waals surface area contributed by atoms with Gasteiger partial charge in [0.25, 0.3) is 5.91 Å². The van der Waals surface area contributed by atoms with Gasteiger partial charge in [0.2, 0.25) is 17.7 Å². The van der Waals surface area contributed by atoms with E-state index in [1.165, 1.54) is 4.90 Å². The number of rotatable bonds is 10. The lowest BCUT2D eigenvalue weighted by Crippen LogP contribution is -2.66. The van der Waals surface area contributed by atoms with Gasteiger partial charge in [-0.2, -0.15) is 0 Å². The number of piperazine rings is 2. The lowest BCUT2D eigenvalue weighted by atomic mass is 9.73. The van der Waals surface area contributed by atoms with E-state index in [1.54, 1.807) is 24.3 Å². The highest BCUT2D eigenvalue weighted by molar-refractivity contribution is 6.06. The molecule has 0 radical (unpaired) electrons. The largest absolute Gasteiger partial charge is 0.507 e. The number of phenolic OH excluding ortho intramolecular Hbond substituents is 1. The zero-order valence-electron chi connectivity index (χ0n) is 36.5. The molecule has 17 heteroatoms. The van der Waals surface area contributed by atoms with Gasteiger partial charge in [-0.15, -0.1) is 10.2 Å². The van der Waals surface area contributed by atoms with Crippen molar-refractivity contribution >= 4 is 46.5 Å². The molecule has 1 spiro atoms. The number of aliphatic hydroxyl groups is 1. The number of fused-ring (bicyclic) bond motifs is 1. The number of aromatic nitrogens is 2. The van der Waals surface area contributed by atoms with Crippen LogP contribution in [0.25, 0.3) is 11.3 Å². The number of amides is 4. The van der Waals surface area contributed by atoms with E-state index < -0.39 is 24.1 Å². The highest BCUT2D eigenvalue weighted by Gasteiger charge is 2.47. The van der Waals surface area contributed by atoms with Gasteiger partial charge in [-0.3, -0.25) is 34.3 Å². The Morgan fingerprint density at radius 3 is 2.38 bits per heavy atom. The van der Waals surface area contributed by atoms with Crippen LogP contribution in [0.4, 0.5) is 22.9 Å². The van der Waals surface area contributed by atoms with Gasteiger partial charge in [0.15, 0.2) is 12.0 Å². The summed E-state index contributed by atoms with van der Waals surface area (Å²) >= 11 is 0. The number of nitrogens with zero attached hydrogens (tertiary/aromatic N) is 8. The fourth-order valence-electron chi connectivity index (χ4n) is 10.7. The van der Waals surface area contributed by atoms with E-state index in [2.05, 4.69) is 53.3 Å². The quantitative estimate of drug-likeness (QED) is 0.169. The van der Waals surface area contributed by atoms with Gasteiger partial charge in [0, 0.05) is 112 Å². The smallest absolute Gasteiger partial charge is 0.257 e. The third-order valence-corrected chi connectivity index (χ3v) is 14.5. The van der Waals surface area contributed by atoms with E-state index in [0.717, 1.165) is 81.3 Å². The summed E-state index contributed by atoms with van der Waals surface area (Å²) in [5.74, 6) is 0.145. The van der Waals surface area contributed by atoms with Gasteiger partial charge >= 0.3 is 0 Å². The number of nitrogen functional groups attached to an aromatic ring is 1. The maximum absolute atomic E-state index is 13.7. The number of aromatic hydroxyl groups is 1. The molecule has 0 bridgehead atoms. The minimum Gasteiger partial charge on any atom is -0.507 e. The van der Waals surface area contributed by atoms with Crippen LogP contribution in [-0.4, -0.2) is 142 Å². The molecular weight excluding hydrogens is 829 g/mol. The summed E-state index contributed by atoms with van der Waals surface area (Å²) in [7, 11) is 0. The molecule has 5 N–H and O–H groups in total. The molecule has 10 rings (SSSR count). The van der Waals surface area contributed by atoms with E-state index in [1.807, 2.05) is 35.2 Å². The number of ether oxygens (including phenoxy) is 1. The fourth-order valence-corrected chi connectivity index (χ4v) is 10.7. The second kappa shape index (κ2) is 17.5. The molecule has 340 valence electrons. The predicted octanol–water partition coefficient (Wildman–Crippen LogP) is 3.37. The maximum Gasteiger partial charge on any atom is 0.257 e. The van der Waals surface area contributed by atoms with Gasteiger partial charge < -0.3 is 40.3 Å². The third kappa shape index (κ3) is 8.15. The van der Waals surface area contributed by atoms with Gasteiger partial charge in [0.1, 0.15) is 24.1 Å². The Kier molecular flexibility index (Phi) is 11.4. The number of aliphatic hydroxyl groups excluding tert-OH is 1. The van der Waals surface area contributed by atoms with E-state index in [9.17, 15) is 29.4 Å². The van der Waals surface area contributed by atoms with Crippen LogP contribution in [0.5, 0.6) is 11.5 Å². The second-order valence-electron chi connectivity index (χ2n) is 18.3. The van der Waals surface area contributed by atoms with Crippen molar-refractivity contribution in [1.82, 2.24) is 30.2 Å². The van der Waals surface area contributed by atoms with Crippen molar-refractivity contribution < 1.29 is 34.1 Å². The number of hydrogen-bond donors (Lipinski definition) is 4. The van der Waals surface area contributed by atoms with Crippen LogP contribution in [0.3, 0.4) is 0 Å². The topological polar surface area (TPSA) is 201 Å². The van der Waals surface area contributed by atoms with Crippen LogP contribution >= 0.6 is 0 Å². The summed E-state index contributed by atoms with van der Waals surface area (Å²) in [6.07, 6.45) is 3.76. The van der Waals surface area contributed by atoms with Gasteiger partial charge in [0.05, 0.1) is 16.9 Å². The Bertz CT molecular complexity index is 2480. The molecule has 6 heterocycles. The number of para-hydroxylation sites is 1. The van der Waals surface area contributed by atoms with Crippen LogP contribution in [-0.2, 0) is 14.4 Å². The summed E-state index contributed by atoms with van der Waals surface area (Å²) in [6, 6.07) is 22.0. The van der Waals surface area contributed by atoms with Crippen LogP contribution in [0.15, 0.2) is 72.8 Å². The van der Waals surface area contributed by atoms with Crippen LogP contribution in [0.1, 0.15) is 67.1 Å². The summed E-state index contributed by atoms with van der Waals surface area (Å²) < 4.78 is 6.35. The lowest BCUT2D eigenvalue weighted by Gasteiger charge is -2.57. The van der Waals surface area contributed by atoms with Crippen LogP contribution in [0.2, 0.25) is 0 Å². The van der Waals surface area contributed by atoms with Crippen molar-refractivity contribution in [3.63, 3.8) is 0 Å². The number of piperidine rings is 2. The molecule has 4 amide bonds. The molecule has 4 aromatic rings. The van der Waals surface area contributed by atoms with Crippen molar-refractivity contribution in [3.05, 3.63) is 83.9 Å². The average molecular weight is 885 g/mol. The van der Waals surface area contributed by atoms with Gasteiger partial charge in [-0.25, -0.2) is 0 Å². The summed E-state index contributed by atoms with van der Waals surface area (Å²) in [5.41, 5.74) is 11.2. The molecule has 3 aromatic carbocycles. The number of phenols is 1. The van der Waals surface area contributed by atoms with Crippen LogP contribution < -0.4 is 30.5 Å². The number of nitrogens with two attached hydrogens (primary N) is 1. The van der Waals surface area contributed by atoms with E-state index in [-0.39, 0.29) is 41.9 Å². The Morgan fingerprint density at radius 2 is 1.63 bits per heavy atom. The van der Waals surface area contributed by atoms with E-state index in [4.69, 9.17) is 10.5 Å². The monoisotopic (exact) mass is 884 g/mol. The molecule has 1 aromatic heterocycles. The maximum atomic E-state index is 13.7. The summed E-state index contributed by atoms with van der Waals surface area (Å²) in [6.45, 7) is 7.97. The third-order valence-electron chi connectivity index (χ3n) is 14.5.